The molecule has 1 N–H and O–H groups in total. The molecule has 34 heavy (non-hydrogen) atoms. The van der Waals surface area contributed by atoms with E-state index in [0.29, 0.717) is 31.7 Å². The summed E-state index contributed by atoms with van der Waals surface area (Å²) in [7, 11) is 0. The molecule has 3 rings (SSSR count). The average molecular weight is 470 g/mol. The summed E-state index contributed by atoms with van der Waals surface area (Å²) in [5.41, 5.74) is 1.62. The Balaban J connectivity index is 1.43. The Bertz CT molecular complexity index is 982. The number of alkyl carbamates (subject to hydrolysis) is 1. The van der Waals surface area contributed by atoms with Crippen LogP contribution in [0.3, 0.4) is 0 Å². The molecule has 0 unspecified atom stereocenters. The van der Waals surface area contributed by atoms with Crippen LogP contribution in [0, 0.1) is 0 Å². The molecular formula is C25H31N3O6. The number of rotatable bonds is 6. The molecule has 0 atom stereocenters. The van der Waals surface area contributed by atoms with Gasteiger partial charge in [-0.05, 0) is 44.0 Å². The summed E-state index contributed by atoms with van der Waals surface area (Å²) in [4.78, 5) is 43.7. The number of amides is 2. The summed E-state index contributed by atoms with van der Waals surface area (Å²) in [5, 5.41) is 4.19. The lowest BCUT2D eigenvalue weighted by atomic mass is 10.1. The lowest BCUT2D eigenvalue weighted by Crippen LogP contribution is -2.49. The molecule has 0 radical (unpaired) electrons. The first kappa shape index (κ1) is 25.0. The van der Waals surface area contributed by atoms with Gasteiger partial charge < -0.3 is 24.5 Å². The lowest BCUT2D eigenvalue weighted by Gasteiger charge is -2.33. The van der Waals surface area contributed by atoms with Crippen molar-refractivity contribution >= 4 is 18.2 Å². The van der Waals surface area contributed by atoms with Gasteiger partial charge in [-0.25, -0.2) is 9.59 Å². The van der Waals surface area contributed by atoms with Crippen molar-refractivity contribution in [1.82, 2.24) is 15.3 Å². The van der Waals surface area contributed by atoms with E-state index in [1.165, 1.54) is 5.06 Å². The number of hydroxylamine groups is 2. The van der Waals surface area contributed by atoms with Crippen molar-refractivity contribution in [2.24, 2.45) is 0 Å². The topological polar surface area (TPSA) is 97.4 Å². The molecule has 9 heteroatoms. The van der Waals surface area contributed by atoms with Crippen LogP contribution < -0.4 is 5.32 Å². The maximum atomic E-state index is 12.9. The van der Waals surface area contributed by atoms with Gasteiger partial charge in [0.25, 0.3) is 5.91 Å². The number of nitrogens with zero attached hydrogens (tertiary/aromatic N) is 2. The Morgan fingerprint density at radius 3 is 2.26 bits per heavy atom. The Kier molecular flexibility index (Phi) is 8.48. The van der Waals surface area contributed by atoms with Gasteiger partial charge in [-0.1, -0.05) is 42.5 Å². The third kappa shape index (κ3) is 8.08. The molecule has 2 aromatic carbocycles. The number of carbonyl (C=O) groups excluding carboxylic acids is 3. The summed E-state index contributed by atoms with van der Waals surface area (Å²) in [5.74, 6) is -0.120. The molecule has 1 aliphatic rings. The van der Waals surface area contributed by atoms with Crippen molar-refractivity contribution in [3.8, 4) is 0 Å². The van der Waals surface area contributed by atoms with Crippen LogP contribution in [0.1, 0.15) is 42.3 Å². The van der Waals surface area contributed by atoms with Gasteiger partial charge in [0.1, 0.15) is 12.2 Å². The van der Waals surface area contributed by atoms with Gasteiger partial charge in [0.05, 0.1) is 13.1 Å². The Morgan fingerprint density at radius 2 is 1.59 bits per heavy atom. The third-order valence-electron chi connectivity index (χ3n) is 4.94. The highest BCUT2D eigenvalue weighted by molar-refractivity contribution is 5.94. The number of hydrogen-bond donors (Lipinski definition) is 1. The first-order valence-corrected chi connectivity index (χ1v) is 11.2. The molecule has 1 aliphatic heterocycles. The summed E-state index contributed by atoms with van der Waals surface area (Å²) in [6.07, 6.45) is -1.28. The van der Waals surface area contributed by atoms with Crippen molar-refractivity contribution in [2.45, 2.75) is 39.5 Å². The normalized spacial score (nSPS) is 14.3. The predicted octanol–water partition coefficient (Wildman–Crippen LogP) is 3.74. The first-order chi connectivity index (χ1) is 16.2. The van der Waals surface area contributed by atoms with Crippen LogP contribution in [-0.4, -0.2) is 59.9 Å². The molecule has 1 fully saturated rings. The van der Waals surface area contributed by atoms with Crippen LogP contribution in [0.4, 0.5) is 9.59 Å². The number of nitrogens with one attached hydrogen (secondary N) is 1. The van der Waals surface area contributed by atoms with Gasteiger partial charge in [0.2, 0.25) is 0 Å². The van der Waals surface area contributed by atoms with E-state index in [4.69, 9.17) is 14.3 Å². The van der Waals surface area contributed by atoms with Crippen LogP contribution in [0.5, 0.6) is 0 Å². The van der Waals surface area contributed by atoms with E-state index >= 15 is 0 Å². The number of piperazine rings is 1. The third-order valence-corrected chi connectivity index (χ3v) is 4.94. The zero-order valence-corrected chi connectivity index (χ0v) is 19.8. The number of benzene rings is 2. The predicted molar refractivity (Wildman–Crippen MR) is 125 cm³/mol. The number of ether oxygens (including phenoxy) is 2. The van der Waals surface area contributed by atoms with Crippen molar-refractivity contribution in [1.29, 1.82) is 0 Å². The minimum atomic E-state index is -0.770. The second kappa shape index (κ2) is 11.5. The molecule has 2 amide bonds. The highest BCUT2D eigenvalue weighted by atomic mass is 16.8. The molecule has 2 aromatic rings. The fourth-order valence-electron chi connectivity index (χ4n) is 3.32. The van der Waals surface area contributed by atoms with Crippen LogP contribution in [-0.2, 0) is 27.5 Å². The monoisotopic (exact) mass is 469 g/mol. The Hall–Kier alpha value is -3.59. The second-order valence-corrected chi connectivity index (χ2v) is 8.89. The highest BCUT2D eigenvalue weighted by Gasteiger charge is 2.25. The lowest BCUT2D eigenvalue weighted by molar-refractivity contribution is -0.144. The average Bonchev–Trinajstić information content (AvgIpc) is 2.81. The van der Waals surface area contributed by atoms with Gasteiger partial charge in [-0.3, -0.25) is 4.79 Å². The van der Waals surface area contributed by atoms with Crippen molar-refractivity contribution in [3.63, 3.8) is 0 Å². The van der Waals surface area contributed by atoms with Gasteiger partial charge in [-0.15, -0.1) is 5.06 Å². The van der Waals surface area contributed by atoms with Crippen LogP contribution >= 0.6 is 0 Å². The quantitative estimate of drug-likeness (QED) is 0.644. The maximum absolute atomic E-state index is 12.9. The molecular weight excluding hydrogens is 438 g/mol. The van der Waals surface area contributed by atoms with E-state index in [9.17, 15) is 14.4 Å². The van der Waals surface area contributed by atoms with Crippen LogP contribution in [0.2, 0.25) is 0 Å². The molecule has 0 spiro atoms. The summed E-state index contributed by atoms with van der Waals surface area (Å²) < 4.78 is 10.4. The Labute approximate surface area is 199 Å². The largest absolute Gasteiger partial charge is 0.528 e. The maximum Gasteiger partial charge on any atom is 0.528 e. The second-order valence-electron chi connectivity index (χ2n) is 8.89. The summed E-state index contributed by atoms with van der Waals surface area (Å²) >= 11 is 0. The fourth-order valence-corrected chi connectivity index (χ4v) is 3.32. The molecule has 0 bridgehead atoms. The number of carbonyl (C=O) groups is 3. The van der Waals surface area contributed by atoms with E-state index in [1.807, 2.05) is 36.4 Å². The molecule has 0 saturated carbocycles. The van der Waals surface area contributed by atoms with Gasteiger partial charge in [0, 0.05) is 25.2 Å². The van der Waals surface area contributed by atoms with Gasteiger partial charge in [-0.2, -0.15) is 0 Å². The molecule has 1 saturated heterocycles. The van der Waals surface area contributed by atoms with Crippen molar-refractivity contribution in [3.05, 3.63) is 71.3 Å². The summed E-state index contributed by atoms with van der Waals surface area (Å²) in [6.45, 7) is 7.35. The molecule has 0 aliphatic carbocycles. The van der Waals surface area contributed by atoms with E-state index in [-0.39, 0.29) is 19.1 Å². The van der Waals surface area contributed by atoms with E-state index in [0.717, 1.165) is 11.1 Å². The molecule has 1 heterocycles. The SMILES string of the molecule is CC(C)(C)OC(=O)NCc1cccc(C(=O)N2CCN(OC(=O)OCc3ccccc3)CC2)c1. The molecule has 182 valence electrons. The highest BCUT2D eigenvalue weighted by Crippen LogP contribution is 2.13. The standard InChI is InChI=1S/C25H31N3O6/c1-25(2,3)33-23(30)26-17-20-10-7-11-21(16-20)22(29)27-12-14-28(15-13-27)34-24(31)32-18-19-8-5-4-6-9-19/h4-11,16H,12-15,17-18H2,1-3H3,(H,26,30). The van der Waals surface area contributed by atoms with Crippen LogP contribution in [0.25, 0.3) is 0 Å². The minimum Gasteiger partial charge on any atom is -0.444 e. The zero-order chi connectivity index (χ0) is 24.6. The van der Waals surface area contributed by atoms with Gasteiger partial charge >= 0.3 is 12.2 Å². The zero-order valence-electron chi connectivity index (χ0n) is 19.8. The first-order valence-electron chi connectivity index (χ1n) is 11.2. The minimum absolute atomic E-state index is 0.120. The summed E-state index contributed by atoms with van der Waals surface area (Å²) in [6, 6.07) is 16.5. The van der Waals surface area contributed by atoms with E-state index in [1.54, 1.807) is 43.9 Å². The van der Waals surface area contributed by atoms with E-state index in [2.05, 4.69) is 5.32 Å². The number of hydrogen-bond acceptors (Lipinski definition) is 7. The molecule has 0 aromatic heterocycles. The molecule has 9 nitrogen and oxygen atoms in total. The van der Waals surface area contributed by atoms with Gasteiger partial charge in [0.15, 0.2) is 0 Å². The fraction of sp³-hybridized carbons (Fsp3) is 0.400. The van der Waals surface area contributed by atoms with Crippen molar-refractivity contribution < 1.29 is 28.7 Å². The van der Waals surface area contributed by atoms with Crippen molar-refractivity contribution in [2.75, 3.05) is 26.2 Å². The smallest absolute Gasteiger partial charge is 0.444 e. The van der Waals surface area contributed by atoms with Crippen LogP contribution in [0.15, 0.2) is 54.6 Å². The Morgan fingerprint density at radius 1 is 0.912 bits per heavy atom. The van der Waals surface area contributed by atoms with E-state index < -0.39 is 17.8 Å².